The number of carbonyl (C=O) groups excluding carboxylic acids is 1. The van der Waals surface area contributed by atoms with Crippen molar-refractivity contribution in [1.82, 2.24) is 4.90 Å². The standard InChI is InChI=1S/C14H16N2O3/c1-14(9-15)4-6-16(7-5-14)13(19)10-2-3-11(17)12(18)8-10/h2-3,8,17-18H,4-7H2,1H3. The molecule has 1 aromatic carbocycles. The van der Waals surface area contributed by atoms with Crippen molar-refractivity contribution >= 4 is 5.91 Å². The van der Waals surface area contributed by atoms with E-state index in [1.54, 1.807) is 4.90 Å². The lowest BCUT2D eigenvalue weighted by atomic mass is 9.82. The van der Waals surface area contributed by atoms with E-state index in [1.807, 2.05) is 6.92 Å². The molecule has 0 atom stereocenters. The number of likely N-dealkylation sites (tertiary alicyclic amines) is 1. The second kappa shape index (κ2) is 4.81. The van der Waals surface area contributed by atoms with Gasteiger partial charge in [-0.3, -0.25) is 4.79 Å². The maximum absolute atomic E-state index is 12.2. The molecule has 1 aromatic rings. The third kappa shape index (κ3) is 2.63. The summed E-state index contributed by atoms with van der Waals surface area (Å²) in [5.41, 5.74) is -0.00991. The largest absolute Gasteiger partial charge is 0.504 e. The highest BCUT2D eigenvalue weighted by atomic mass is 16.3. The Morgan fingerprint density at radius 2 is 1.95 bits per heavy atom. The van der Waals surface area contributed by atoms with E-state index < -0.39 is 0 Å². The van der Waals surface area contributed by atoms with Gasteiger partial charge in [-0.15, -0.1) is 0 Å². The van der Waals surface area contributed by atoms with Crippen molar-refractivity contribution < 1.29 is 15.0 Å². The lowest BCUT2D eigenvalue weighted by Gasteiger charge is -2.35. The van der Waals surface area contributed by atoms with Gasteiger partial charge in [-0.1, -0.05) is 0 Å². The van der Waals surface area contributed by atoms with Crippen molar-refractivity contribution in [2.75, 3.05) is 13.1 Å². The second-order valence-electron chi connectivity index (χ2n) is 5.17. The summed E-state index contributed by atoms with van der Waals surface area (Å²) in [5, 5.41) is 27.7. The predicted molar refractivity (Wildman–Crippen MR) is 68.6 cm³/mol. The first kappa shape index (κ1) is 13.2. The fraction of sp³-hybridized carbons (Fsp3) is 0.429. The van der Waals surface area contributed by atoms with Crippen LogP contribution in [0.5, 0.6) is 11.5 Å². The van der Waals surface area contributed by atoms with Crippen molar-refractivity contribution in [1.29, 1.82) is 5.26 Å². The van der Waals surface area contributed by atoms with E-state index in [4.69, 9.17) is 5.26 Å². The molecular formula is C14H16N2O3. The molecule has 2 rings (SSSR count). The van der Waals surface area contributed by atoms with Crippen molar-refractivity contribution in [3.63, 3.8) is 0 Å². The Labute approximate surface area is 111 Å². The second-order valence-corrected chi connectivity index (χ2v) is 5.17. The van der Waals surface area contributed by atoms with Gasteiger partial charge in [0, 0.05) is 18.7 Å². The molecule has 0 saturated carbocycles. The molecule has 1 heterocycles. The van der Waals surface area contributed by atoms with Crippen LogP contribution in [0.3, 0.4) is 0 Å². The first-order chi connectivity index (χ1) is 8.95. The maximum atomic E-state index is 12.2. The quantitative estimate of drug-likeness (QED) is 0.755. The predicted octanol–water partition coefficient (Wildman–Crippen LogP) is 1.86. The minimum Gasteiger partial charge on any atom is -0.504 e. The molecular weight excluding hydrogens is 244 g/mol. The summed E-state index contributed by atoms with van der Waals surface area (Å²) in [7, 11) is 0. The Hall–Kier alpha value is -2.22. The molecule has 0 radical (unpaired) electrons. The smallest absolute Gasteiger partial charge is 0.253 e. The third-order valence-corrected chi connectivity index (χ3v) is 3.65. The average molecular weight is 260 g/mol. The number of hydrogen-bond donors (Lipinski definition) is 2. The highest BCUT2D eigenvalue weighted by Crippen LogP contribution is 2.31. The SMILES string of the molecule is CC1(C#N)CCN(C(=O)c2ccc(O)c(O)c2)CC1. The van der Waals surface area contributed by atoms with Crippen molar-refractivity contribution in [3.05, 3.63) is 23.8 Å². The maximum Gasteiger partial charge on any atom is 0.253 e. The van der Waals surface area contributed by atoms with Crippen molar-refractivity contribution in [3.8, 4) is 17.6 Å². The number of rotatable bonds is 1. The molecule has 0 spiro atoms. The van der Waals surface area contributed by atoms with Gasteiger partial charge in [0.2, 0.25) is 0 Å². The molecule has 0 aliphatic carbocycles. The molecule has 1 aliphatic heterocycles. The van der Waals surface area contributed by atoms with Gasteiger partial charge in [0.1, 0.15) is 0 Å². The highest BCUT2D eigenvalue weighted by Gasteiger charge is 2.32. The zero-order valence-electron chi connectivity index (χ0n) is 10.8. The Morgan fingerprint density at radius 1 is 1.32 bits per heavy atom. The molecule has 19 heavy (non-hydrogen) atoms. The van der Waals surface area contributed by atoms with Crippen LogP contribution in [-0.4, -0.2) is 34.1 Å². The fourth-order valence-corrected chi connectivity index (χ4v) is 2.15. The number of hydrogen-bond acceptors (Lipinski definition) is 4. The Morgan fingerprint density at radius 3 is 2.47 bits per heavy atom. The average Bonchev–Trinajstić information content (AvgIpc) is 2.42. The van der Waals surface area contributed by atoms with E-state index in [0.717, 1.165) is 0 Å². The van der Waals surface area contributed by atoms with Crippen LogP contribution in [0.1, 0.15) is 30.1 Å². The van der Waals surface area contributed by atoms with Crippen LogP contribution in [0.2, 0.25) is 0 Å². The van der Waals surface area contributed by atoms with Gasteiger partial charge in [0.15, 0.2) is 11.5 Å². The minimum atomic E-state index is -0.353. The van der Waals surface area contributed by atoms with Gasteiger partial charge >= 0.3 is 0 Å². The Bertz CT molecular complexity index is 540. The summed E-state index contributed by atoms with van der Waals surface area (Å²) in [6, 6.07) is 6.32. The number of piperidine rings is 1. The Balaban J connectivity index is 2.10. The number of benzene rings is 1. The number of phenolic OH excluding ortho intramolecular Hbond substituents is 2. The van der Waals surface area contributed by atoms with E-state index in [9.17, 15) is 15.0 Å². The van der Waals surface area contributed by atoms with Gasteiger partial charge in [0.05, 0.1) is 11.5 Å². The van der Waals surface area contributed by atoms with Crippen LogP contribution >= 0.6 is 0 Å². The van der Waals surface area contributed by atoms with Crippen molar-refractivity contribution in [2.45, 2.75) is 19.8 Å². The van der Waals surface area contributed by atoms with Gasteiger partial charge in [-0.25, -0.2) is 0 Å². The summed E-state index contributed by atoms with van der Waals surface area (Å²) in [4.78, 5) is 13.9. The summed E-state index contributed by atoms with van der Waals surface area (Å²) >= 11 is 0. The van der Waals surface area contributed by atoms with Crippen LogP contribution in [0.15, 0.2) is 18.2 Å². The number of phenols is 2. The molecule has 5 nitrogen and oxygen atoms in total. The first-order valence-corrected chi connectivity index (χ1v) is 6.18. The highest BCUT2D eigenvalue weighted by molar-refractivity contribution is 5.95. The van der Waals surface area contributed by atoms with Gasteiger partial charge < -0.3 is 15.1 Å². The number of amides is 1. The van der Waals surface area contributed by atoms with Crippen molar-refractivity contribution in [2.24, 2.45) is 5.41 Å². The molecule has 0 unspecified atom stereocenters. The zero-order valence-corrected chi connectivity index (χ0v) is 10.8. The lowest BCUT2D eigenvalue weighted by molar-refractivity contribution is 0.0661. The van der Waals surface area contributed by atoms with Crippen LogP contribution in [0.25, 0.3) is 0 Å². The molecule has 0 bridgehead atoms. The lowest BCUT2D eigenvalue weighted by Crippen LogP contribution is -2.41. The topological polar surface area (TPSA) is 84.6 Å². The van der Waals surface area contributed by atoms with E-state index >= 15 is 0 Å². The molecule has 0 aromatic heterocycles. The minimum absolute atomic E-state index is 0.185. The van der Waals surface area contributed by atoms with Crippen LogP contribution in [0, 0.1) is 16.7 Å². The monoisotopic (exact) mass is 260 g/mol. The van der Waals surface area contributed by atoms with Crippen LogP contribution < -0.4 is 0 Å². The van der Waals surface area contributed by atoms with Gasteiger partial charge in [-0.05, 0) is 38.0 Å². The zero-order chi connectivity index (χ0) is 14.0. The molecule has 1 amide bonds. The number of nitrogens with zero attached hydrogens (tertiary/aromatic N) is 2. The molecule has 1 fully saturated rings. The fourth-order valence-electron chi connectivity index (χ4n) is 2.15. The molecule has 5 heteroatoms. The molecule has 100 valence electrons. The van der Waals surface area contributed by atoms with Crippen LogP contribution in [0.4, 0.5) is 0 Å². The number of aromatic hydroxyl groups is 2. The number of carbonyl (C=O) groups is 1. The van der Waals surface area contributed by atoms with Crippen LogP contribution in [-0.2, 0) is 0 Å². The van der Waals surface area contributed by atoms with E-state index in [-0.39, 0.29) is 22.8 Å². The molecule has 2 N–H and O–H groups in total. The first-order valence-electron chi connectivity index (χ1n) is 6.18. The van der Waals surface area contributed by atoms with E-state index in [1.165, 1.54) is 18.2 Å². The molecule has 1 aliphatic rings. The summed E-state index contributed by atoms with van der Waals surface area (Å²) in [6.07, 6.45) is 1.30. The normalized spacial score (nSPS) is 17.8. The number of nitriles is 1. The summed E-state index contributed by atoms with van der Waals surface area (Å²) in [6.45, 7) is 2.97. The van der Waals surface area contributed by atoms with Gasteiger partial charge in [-0.2, -0.15) is 5.26 Å². The third-order valence-electron chi connectivity index (χ3n) is 3.65. The summed E-state index contributed by atoms with van der Waals surface area (Å²) < 4.78 is 0. The Kier molecular flexibility index (Phi) is 3.34. The summed E-state index contributed by atoms with van der Waals surface area (Å²) in [5.74, 6) is -0.729. The van der Waals surface area contributed by atoms with Gasteiger partial charge in [0.25, 0.3) is 5.91 Å². The van der Waals surface area contributed by atoms with E-state index in [0.29, 0.717) is 31.5 Å². The molecule has 1 saturated heterocycles. The van der Waals surface area contributed by atoms with E-state index in [2.05, 4.69) is 6.07 Å².